The molecule has 4 aromatic rings. The Labute approximate surface area is 159 Å². The van der Waals surface area contributed by atoms with Gasteiger partial charge in [-0.05, 0) is 57.3 Å². The van der Waals surface area contributed by atoms with Crippen molar-refractivity contribution in [1.82, 2.24) is 0 Å². The van der Waals surface area contributed by atoms with Gasteiger partial charge in [0.1, 0.15) is 0 Å². The van der Waals surface area contributed by atoms with Crippen molar-refractivity contribution >= 4 is 58.8 Å². The standard InChI is InChI=1S/C24H30Si2/c1-15-13-21(25(3,4)5)19-11-12-20-22(26(6,7)8)14-16(2)18-10-9-17(15)23(19)24(18)20/h9-14H,1-8H3. The van der Waals surface area contributed by atoms with Crippen molar-refractivity contribution in [2.24, 2.45) is 0 Å². The monoisotopic (exact) mass is 374 g/mol. The lowest BCUT2D eigenvalue weighted by molar-refractivity contribution is 1.53. The topological polar surface area (TPSA) is 0 Å². The molecule has 0 aliphatic heterocycles. The van der Waals surface area contributed by atoms with Crippen LogP contribution in [0.1, 0.15) is 11.1 Å². The highest BCUT2D eigenvalue weighted by atomic mass is 28.3. The van der Waals surface area contributed by atoms with Crippen molar-refractivity contribution < 1.29 is 0 Å². The third kappa shape index (κ3) is 2.46. The smallest absolute Gasteiger partial charge is 0.0656 e. The SMILES string of the molecule is Cc1cc([Si](C)(C)C)c2ccc3c([Si](C)(C)C)cc(C)c4ccc1c2c43. The number of hydrogen-bond donors (Lipinski definition) is 0. The highest BCUT2D eigenvalue weighted by Crippen LogP contribution is 2.37. The molecule has 0 amide bonds. The van der Waals surface area contributed by atoms with Crippen LogP contribution in [0.4, 0.5) is 0 Å². The highest BCUT2D eigenvalue weighted by Gasteiger charge is 2.25. The number of aryl methyl sites for hydroxylation is 2. The summed E-state index contributed by atoms with van der Waals surface area (Å²) in [6.45, 7) is 19.4. The van der Waals surface area contributed by atoms with E-state index in [1.807, 2.05) is 0 Å². The van der Waals surface area contributed by atoms with Crippen LogP contribution in [0.15, 0.2) is 36.4 Å². The van der Waals surface area contributed by atoms with Crippen LogP contribution in [0, 0.1) is 13.8 Å². The third-order valence-corrected chi connectivity index (χ3v) is 9.99. The average Bonchev–Trinajstić information content (AvgIpc) is 2.53. The molecule has 0 N–H and O–H groups in total. The Balaban J connectivity index is 2.34. The van der Waals surface area contributed by atoms with E-state index in [9.17, 15) is 0 Å². The summed E-state index contributed by atoms with van der Waals surface area (Å²) < 4.78 is 0. The summed E-state index contributed by atoms with van der Waals surface area (Å²) in [6, 6.07) is 14.5. The molecular formula is C24H30Si2. The molecule has 26 heavy (non-hydrogen) atoms. The lowest BCUT2D eigenvalue weighted by atomic mass is 9.90. The Hall–Kier alpha value is -1.65. The van der Waals surface area contributed by atoms with Crippen LogP contribution >= 0.6 is 0 Å². The van der Waals surface area contributed by atoms with E-state index in [0.717, 1.165) is 0 Å². The first-order chi connectivity index (χ1) is 12.0. The van der Waals surface area contributed by atoms with E-state index in [2.05, 4.69) is 89.5 Å². The first kappa shape index (κ1) is 17.8. The van der Waals surface area contributed by atoms with Crippen LogP contribution in [0.2, 0.25) is 39.3 Å². The quantitative estimate of drug-likeness (QED) is 0.286. The first-order valence-corrected chi connectivity index (χ1v) is 16.7. The van der Waals surface area contributed by atoms with E-state index in [-0.39, 0.29) is 0 Å². The predicted molar refractivity (Wildman–Crippen MR) is 126 cm³/mol. The molecule has 134 valence electrons. The van der Waals surface area contributed by atoms with Gasteiger partial charge < -0.3 is 0 Å². The zero-order valence-electron chi connectivity index (χ0n) is 17.5. The molecule has 2 heteroatoms. The lowest BCUT2D eigenvalue weighted by Gasteiger charge is -2.26. The number of rotatable bonds is 2. The molecule has 4 aromatic carbocycles. The van der Waals surface area contributed by atoms with Crippen molar-refractivity contribution in [3.63, 3.8) is 0 Å². The fourth-order valence-electron chi connectivity index (χ4n) is 4.59. The van der Waals surface area contributed by atoms with Crippen LogP contribution in [0.3, 0.4) is 0 Å². The molecular weight excluding hydrogens is 344 g/mol. The molecule has 0 bridgehead atoms. The predicted octanol–water partition coefficient (Wildman–Crippen LogP) is 6.29. The van der Waals surface area contributed by atoms with Gasteiger partial charge in [-0.1, -0.05) is 86.1 Å². The molecule has 0 nitrogen and oxygen atoms in total. The molecule has 0 saturated carbocycles. The van der Waals surface area contributed by atoms with Crippen molar-refractivity contribution in [3.8, 4) is 0 Å². The Bertz CT molecular complexity index is 1060. The summed E-state index contributed by atoms with van der Waals surface area (Å²) in [4.78, 5) is 0. The maximum Gasteiger partial charge on any atom is 0.0784 e. The van der Waals surface area contributed by atoms with Crippen LogP contribution in [0.25, 0.3) is 32.3 Å². The van der Waals surface area contributed by atoms with Gasteiger partial charge >= 0.3 is 0 Å². The van der Waals surface area contributed by atoms with E-state index >= 15 is 0 Å². The number of hydrogen-bond acceptors (Lipinski definition) is 0. The molecule has 0 atom stereocenters. The zero-order valence-corrected chi connectivity index (χ0v) is 19.5. The van der Waals surface area contributed by atoms with Crippen LogP contribution < -0.4 is 10.4 Å². The van der Waals surface area contributed by atoms with Crippen LogP contribution in [-0.4, -0.2) is 16.1 Å². The Morgan fingerprint density at radius 1 is 0.500 bits per heavy atom. The van der Waals surface area contributed by atoms with Gasteiger partial charge in [-0.3, -0.25) is 0 Å². The largest absolute Gasteiger partial charge is 0.0784 e. The Morgan fingerprint density at radius 3 is 1.12 bits per heavy atom. The molecule has 0 heterocycles. The minimum absolute atomic E-state index is 1.41. The number of benzene rings is 4. The molecule has 0 spiro atoms. The second kappa shape index (κ2) is 5.43. The maximum atomic E-state index is 2.47. The average molecular weight is 375 g/mol. The minimum Gasteiger partial charge on any atom is -0.0656 e. The lowest BCUT2D eigenvalue weighted by Crippen LogP contribution is -2.39. The fourth-order valence-corrected chi connectivity index (χ4v) is 7.92. The van der Waals surface area contributed by atoms with E-state index in [1.54, 1.807) is 10.4 Å². The second-order valence-corrected chi connectivity index (χ2v) is 20.1. The van der Waals surface area contributed by atoms with Gasteiger partial charge in [-0.25, -0.2) is 0 Å². The van der Waals surface area contributed by atoms with Gasteiger partial charge in [0.05, 0.1) is 16.1 Å². The van der Waals surface area contributed by atoms with E-state index in [4.69, 9.17) is 0 Å². The molecule has 0 aliphatic carbocycles. The molecule has 0 aromatic heterocycles. The fraction of sp³-hybridized carbons (Fsp3) is 0.333. The summed E-state index contributed by atoms with van der Waals surface area (Å²) in [5.74, 6) is 0. The molecule has 4 rings (SSSR count). The van der Waals surface area contributed by atoms with Crippen molar-refractivity contribution in [2.75, 3.05) is 0 Å². The van der Waals surface area contributed by atoms with Gasteiger partial charge in [0.2, 0.25) is 0 Å². The Morgan fingerprint density at radius 2 is 0.808 bits per heavy atom. The second-order valence-electron chi connectivity index (χ2n) is 10.1. The molecule has 0 radical (unpaired) electrons. The molecule has 0 saturated heterocycles. The minimum atomic E-state index is -1.41. The van der Waals surface area contributed by atoms with Crippen molar-refractivity contribution in [1.29, 1.82) is 0 Å². The summed E-state index contributed by atoms with van der Waals surface area (Å²) in [6.07, 6.45) is 0. The van der Waals surface area contributed by atoms with Gasteiger partial charge in [-0.2, -0.15) is 0 Å². The third-order valence-electron chi connectivity index (χ3n) is 5.93. The summed E-state index contributed by atoms with van der Waals surface area (Å²) in [5, 5.41) is 12.1. The summed E-state index contributed by atoms with van der Waals surface area (Å²) in [5.41, 5.74) is 2.86. The normalized spacial score (nSPS) is 13.4. The van der Waals surface area contributed by atoms with E-state index < -0.39 is 16.1 Å². The van der Waals surface area contributed by atoms with Gasteiger partial charge in [0.15, 0.2) is 0 Å². The van der Waals surface area contributed by atoms with Gasteiger partial charge in [-0.15, -0.1) is 0 Å². The summed E-state index contributed by atoms with van der Waals surface area (Å²) >= 11 is 0. The molecule has 0 aliphatic rings. The Kier molecular flexibility index (Phi) is 3.71. The molecule has 0 fully saturated rings. The molecule has 0 unspecified atom stereocenters. The van der Waals surface area contributed by atoms with Crippen LogP contribution in [0.5, 0.6) is 0 Å². The van der Waals surface area contributed by atoms with Gasteiger partial charge in [0, 0.05) is 0 Å². The van der Waals surface area contributed by atoms with E-state index in [1.165, 1.54) is 43.4 Å². The maximum absolute atomic E-state index is 2.47. The van der Waals surface area contributed by atoms with Crippen LogP contribution in [-0.2, 0) is 0 Å². The zero-order chi connectivity index (χ0) is 19.0. The van der Waals surface area contributed by atoms with Crippen molar-refractivity contribution in [2.45, 2.75) is 53.1 Å². The van der Waals surface area contributed by atoms with E-state index in [0.29, 0.717) is 0 Å². The summed E-state index contributed by atoms with van der Waals surface area (Å²) in [7, 11) is -2.82. The van der Waals surface area contributed by atoms with Gasteiger partial charge in [0.25, 0.3) is 0 Å². The first-order valence-electron chi connectivity index (χ1n) is 9.73. The highest BCUT2D eigenvalue weighted by molar-refractivity contribution is 6.91. The van der Waals surface area contributed by atoms with Crippen molar-refractivity contribution in [3.05, 3.63) is 47.5 Å².